The van der Waals surface area contributed by atoms with Gasteiger partial charge in [0.2, 0.25) is 0 Å². The van der Waals surface area contributed by atoms with Crippen LogP contribution in [0.5, 0.6) is 0 Å². The van der Waals surface area contributed by atoms with E-state index in [0.29, 0.717) is 21.8 Å². The lowest BCUT2D eigenvalue weighted by molar-refractivity contribution is 0.0598. The second-order valence-corrected chi connectivity index (χ2v) is 6.78. The van der Waals surface area contributed by atoms with Crippen molar-refractivity contribution in [3.05, 3.63) is 76.1 Å². The fourth-order valence-corrected chi connectivity index (χ4v) is 4.22. The number of carbonyl (C=O) groups is 1. The molecule has 0 spiro atoms. The minimum absolute atomic E-state index is 0.00587. The van der Waals surface area contributed by atoms with Crippen molar-refractivity contribution >= 4 is 23.3 Å². The molecule has 0 fully saturated rings. The number of methoxy groups -OCH3 is 1. The molecule has 4 rings (SSSR count). The number of rotatable bonds is 2. The first-order valence-corrected chi connectivity index (χ1v) is 8.58. The monoisotopic (exact) mass is 357 g/mol. The minimum Gasteiger partial charge on any atom is -0.465 e. The lowest BCUT2D eigenvalue weighted by Crippen LogP contribution is -2.31. The summed E-state index contributed by atoms with van der Waals surface area (Å²) in [7, 11) is 1.36. The van der Waals surface area contributed by atoms with Gasteiger partial charge < -0.3 is 10.1 Å². The molecule has 0 saturated heterocycles. The summed E-state index contributed by atoms with van der Waals surface area (Å²) in [6, 6.07) is 9.95. The third-order valence-corrected chi connectivity index (χ3v) is 5.43. The average molecular weight is 358 g/mol. The number of ether oxygens (including phenoxy) is 1. The molecule has 1 aliphatic heterocycles. The summed E-state index contributed by atoms with van der Waals surface area (Å²) in [6.45, 7) is 0. The van der Waals surface area contributed by atoms with E-state index in [0.717, 1.165) is 12.0 Å². The molecule has 0 radical (unpaired) electrons. The largest absolute Gasteiger partial charge is 0.465 e. The van der Waals surface area contributed by atoms with Crippen LogP contribution in [0.2, 0.25) is 5.02 Å². The molecule has 2 aliphatic rings. The maximum Gasteiger partial charge on any atom is 0.338 e. The fraction of sp³-hybridized carbons (Fsp3) is 0.250. The van der Waals surface area contributed by atoms with Gasteiger partial charge in [-0.2, -0.15) is 0 Å². The van der Waals surface area contributed by atoms with E-state index in [-0.39, 0.29) is 23.7 Å². The Morgan fingerprint density at radius 3 is 2.84 bits per heavy atom. The zero-order valence-electron chi connectivity index (χ0n) is 13.6. The number of carbonyl (C=O) groups excluding carboxylic acids is 1. The van der Waals surface area contributed by atoms with Crippen molar-refractivity contribution in [2.75, 3.05) is 12.4 Å². The number of fused-ring (bicyclic) bond motifs is 3. The van der Waals surface area contributed by atoms with E-state index < -0.39 is 5.97 Å². The second-order valence-electron chi connectivity index (χ2n) is 6.37. The van der Waals surface area contributed by atoms with Crippen LogP contribution in [-0.2, 0) is 4.74 Å². The van der Waals surface area contributed by atoms with Gasteiger partial charge in [-0.15, -0.1) is 0 Å². The van der Waals surface area contributed by atoms with Crippen LogP contribution in [0, 0.1) is 11.7 Å². The van der Waals surface area contributed by atoms with Crippen molar-refractivity contribution in [2.45, 2.75) is 18.4 Å². The van der Waals surface area contributed by atoms with Gasteiger partial charge >= 0.3 is 5.97 Å². The molecule has 3 nitrogen and oxygen atoms in total. The summed E-state index contributed by atoms with van der Waals surface area (Å²) in [5.41, 5.74) is 2.64. The number of hydrogen-bond donors (Lipinski definition) is 1. The SMILES string of the molecule is COC(=O)c1ccc(Cl)c2c1[C@@H]1C=CC[C@@H]1[C@H](c1ccccc1F)N2. The summed E-state index contributed by atoms with van der Waals surface area (Å²) in [5, 5.41) is 3.91. The van der Waals surface area contributed by atoms with E-state index in [1.165, 1.54) is 13.2 Å². The Balaban J connectivity index is 1.89. The number of benzene rings is 2. The Hall–Kier alpha value is -2.33. The van der Waals surface area contributed by atoms with Gasteiger partial charge in [0.25, 0.3) is 0 Å². The summed E-state index contributed by atoms with van der Waals surface area (Å²) >= 11 is 6.41. The first-order chi connectivity index (χ1) is 12.1. The van der Waals surface area contributed by atoms with Gasteiger partial charge in [-0.25, -0.2) is 9.18 Å². The number of anilines is 1. The highest BCUT2D eigenvalue weighted by molar-refractivity contribution is 6.33. The van der Waals surface area contributed by atoms with Gasteiger partial charge in [-0.3, -0.25) is 0 Å². The molecule has 2 aromatic carbocycles. The zero-order valence-corrected chi connectivity index (χ0v) is 14.4. The number of allylic oxidation sites excluding steroid dienone is 2. The smallest absolute Gasteiger partial charge is 0.338 e. The Morgan fingerprint density at radius 2 is 2.08 bits per heavy atom. The van der Waals surface area contributed by atoms with Crippen molar-refractivity contribution in [3.8, 4) is 0 Å². The van der Waals surface area contributed by atoms with Crippen molar-refractivity contribution in [3.63, 3.8) is 0 Å². The molecule has 1 heterocycles. The van der Waals surface area contributed by atoms with Crippen molar-refractivity contribution < 1.29 is 13.9 Å². The van der Waals surface area contributed by atoms with Gasteiger partial charge in [-0.05, 0) is 36.1 Å². The van der Waals surface area contributed by atoms with Gasteiger partial charge in [0, 0.05) is 11.5 Å². The Morgan fingerprint density at radius 1 is 1.28 bits per heavy atom. The highest BCUT2D eigenvalue weighted by Gasteiger charge is 2.41. The molecule has 3 atom stereocenters. The van der Waals surface area contributed by atoms with E-state index in [2.05, 4.69) is 17.5 Å². The molecule has 25 heavy (non-hydrogen) atoms. The first kappa shape index (κ1) is 16.2. The van der Waals surface area contributed by atoms with E-state index in [9.17, 15) is 9.18 Å². The lowest BCUT2D eigenvalue weighted by atomic mass is 9.75. The molecular weight excluding hydrogens is 341 g/mol. The normalized spacial score (nSPS) is 23.6. The molecular formula is C20H17ClFNO2. The van der Waals surface area contributed by atoms with E-state index >= 15 is 0 Å². The van der Waals surface area contributed by atoms with Crippen molar-refractivity contribution in [1.29, 1.82) is 0 Å². The minimum atomic E-state index is -0.391. The number of nitrogens with one attached hydrogen (secondary N) is 1. The van der Waals surface area contributed by atoms with E-state index in [1.54, 1.807) is 24.3 Å². The molecule has 5 heteroatoms. The van der Waals surface area contributed by atoms with Crippen molar-refractivity contribution in [2.24, 2.45) is 5.92 Å². The van der Waals surface area contributed by atoms with Crippen LogP contribution >= 0.6 is 11.6 Å². The quantitative estimate of drug-likeness (QED) is 0.600. The fourth-order valence-electron chi connectivity index (χ4n) is 4.00. The van der Waals surface area contributed by atoms with Gasteiger partial charge in [0.15, 0.2) is 0 Å². The molecule has 0 bridgehead atoms. The van der Waals surface area contributed by atoms with Crippen LogP contribution in [-0.4, -0.2) is 13.1 Å². The molecule has 2 aromatic rings. The molecule has 1 N–H and O–H groups in total. The predicted octanol–water partition coefficient (Wildman–Crippen LogP) is 5.09. The highest BCUT2D eigenvalue weighted by atomic mass is 35.5. The van der Waals surface area contributed by atoms with Crippen LogP contribution in [0.15, 0.2) is 48.6 Å². The van der Waals surface area contributed by atoms with E-state index in [4.69, 9.17) is 16.3 Å². The average Bonchev–Trinajstić information content (AvgIpc) is 3.11. The summed E-state index contributed by atoms with van der Waals surface area (Å²) in [4.78, 5) is 12.2. The molecule has 0 amide bonds. The topological polar surface area (TPSA) is 38.3 Å². The van der Waals surface area contributed by atoms with Crippen LogP contribution in [0.1, 0.15) is 39.9 Å². The van der Waals surface area contributed by atoms with Gasteiger partial charge in [0.1, 0.15) is 5.82 Å². The maximum atomic E-state index is 14.4. The van der Waals surface area contributed by atoms with Crippen LogP contribution in [0.4, 0.5) is 10.1 Å². The van der Waals surface area contributed by atoms with Crippen LogP contribution in [0.25, 0.3) is 0 Å². The Kier molecular flexibility index (Phi) is 4.00. The van der Waals surface area contributed by atoms with E-state index in [1.807, 2.05) is 6.07 Å². The standard InChI is InChI=1S/C20H17ClFNO2/c1-25-20(24)14-9-10-15(21)19-17(14)11-6-4-7-12(11)18(23-19)13-5-2-3-8-16(13)22/h2-6,8-12,18,23H,7H2,1H3/t11-,12+,18-/m1/s1. The van der Waals surface area contributed by atoms with Crippen LogP contribution in [0.3, 0.4) is 0 Å². The lowest BCUT2D eigenvalue weighted by Gasteiger charge is -2.38. The van der Waals surface area contributed by atoms with Gasteiger partial charge in [0.05, 0.1) is 29.4 Å². The molecule has 1 aliphatic carbocycles. The third-order valence-electron chi connectivity index (χ3n) is 5.11. The van der Waals surface area contributed by atoms with Crippen molar-refractivity contribution in [1.82, 2.24) is 0 Å². The van der Waals surface area contributed by atoms with Gasteiger partial charge in [-0.1, -0.05) is 42.0 Å². The maximum absolute atomic E-state index is 14.4. The first-order valence-electron chi connectivity index (χ1n) is 8.20. The highest BCUT2D eigenvalue weighted by Crippen LogP contribution is 2.52. The molecule has 0 unspecified atom stereocenters. The predicted molar refractivity (Wildman–Crippen MR) is 95.5 cm³/mol. The summed E-state index contributed by atoms with van der Waals surface area (Å²) in [5.74, 6) is -0.521. The molecule has 0 saturated carbocycles. The Labute approximate surface area is 150 Å². The van der Waals surface area contributed by atoms with Crippen LogP contribution < -0.4 is 5.32 Å². The number of hydrogen-bond acceptors (Lipinski definition) is 3. The molecule has 128 valence electrons. The zero-order chi connectivity index (χ0) is 17.6. The third kappa shape index (κ3) is 2.52. The number of halogens is 2. The Bertz CT molecular complexity index is 880. The molecule has 0 aromatic heterocycles. The summed E-state index contributed by atoms with van der Waals surface area (Å²) in [6.07, 6.45) is 4.98. The number of esters is 1. The summed E-state index contributed by atoms with van der Waals surface area (Å²) < 4.78 is 19.3. The second kappa shape index (κ2) is 6.19.